The minimum absolute atomic E-state index is 0.0517. The Morgan fingerprint density at radius 1 is 0.420 bits per heavy atom. The largest absolute Gasteiger partial charge is 0.457 e. The first-order valence-corrected chi connectivity index (χ1v) is 32.9. The summed E-state index contributed by atoms with van der Waals surface area (Å²) in [5, 5.41) is 72.5. The molecule has 81 heavy (non-hydrogen) atoms. The SMILES string of the molecule is CC/C=C\C/C=C\C/C=C\C/C=C\C/C=C\CCCCCCCCOCC(COC1OC(COC2OC(CO)C(O)C(O)C2O)C(O)C(O)C1O)OC(=O)CCCCCCCCCCCCCCCCCCCCCCCCCCC. The molecule has 0 radical (unpaired) electrons. The van der Waals surface area contributed by atoms with Crippen molar-refractivity contribution in [2.45, 2.75) is 325 Å². The molecule has 0 amide bonds. The summed E-state index contributed by atoms with van der Waals surface area (Å²) in [5.41, 5.74) is 0. The third kappa shape index (κ3) is 39.1. The molecule has 2 aliphatic rings. The zero-order chi connectivity index (χ0) is 58.6. The number of rotatable bonds is 54. The normalized spacial score (nSPS) is 24.1. The molecule has 2 fully saturated rings. The van der Waals surface area contributed by atoms with E-state index in [0.717, 1.165) is 89.9 Å². The summed E-state index contributed by atoms with van der Waals surface area (Å²) in [6.45, 7) is 3.58. The van der Waals surface area contributed by atoms with Gasteiger partial charge in [0, 0.05) is 13.0 Å². The van der Waals surface area contributed by atoms with E-state index in [1.54, 1.807) is 0 Å². The first-order valence-electron chi connectivity index (χ1n) is 32.9. The number of carbonyl (C=O) groups excluding carboxylic acids is 1. The molecule has 11 atom stereocenters. The fourth-order valence-electron chi connectivity index (χ4n) is 10.3. The van der Waals surface area contributed by atoms with Crippen LogP contribution in [0.3, 0.4) is 0 Å². The number of hydrogen-bond donors (Lipinski definition) is 7. The second kappa shape index (κ2) is 53.2. The second-order valence-electron chi connectivity index (χ2n) is 22.9. The molecule has 0 aromatic heterocycles. The number of hydrogen-bond acceptors (Lipinski definition) is 14. The van der Waals surface area contributed by atoms with E-state index in [4.69, 9.17) is 28.4 Å². The van der Waals surface area contributed by atoms with E-state index in [1.165, 1.54) is 141 Å². The standard InChI is InChI=1S/C67H120O14/c1-3-5-7-9-11-13-15-17-19-21-23-25-27-28-29-30-32-34-36-38-40-42-44-46-48-50-59(69)79-56(53-76-51-49-47-45-43-41-39-37-35-33-31-26-24-22-20-18-16-14-12-10-8-6-4-2)54-77-66-65(75)63(73)61(71)58(81-66)55-78-67-64(74)62(72)60(70)57(52-68)80-67/h6,8,12,14,18,20,24,26,33,35,56-58,60-68,70-75H,3-5,7,9-11,13,15-17,19,21-23,25,27-32,34,36-55H2,1-2H3/b8-6-,14-12-,20-18-,26-24-,35-33-. The van der Waals surface area contributed by atoms with Crippen LogP contribution >= 0.6 is 0 Å². The molecule has 0 aromatic carbocycles. The van der Waals surface area contributed by atoms with Crippen molar-refractivity contribution in [2.75, 3.05) is 33.0 Å². The molecule has 0 aromatic rings. The number of unbranched alkanes of at least 4 members (excludes halogenated alkanes) is 30. The Labute approximate surface area is 492 Å². The van der Waals surface area contributed by atoms with E-state index in [0.29, 0.717) is 13.0 Å². The van der Waals surface area contributed by atoms with Gasteiger partial charge in [-0.2, -0.15) is 0 Å². The molecule has 7 N–H and O–H groups in total. The van der Waals surface area contributed by atoms with Gasteiger partial charge in [-0.25, -0.2) is 0 Å². The number of carbonyl (C=O) groups is 1. The molecule has 0 bridgehead atoms. The molecule has 2 heterocycles. The van der Waals surface area contributed by atoms with Gasteiger partial charge in [0.1, 0.15) is 54.9 Å². The first-order chi connectivity index (χ1) is 39.6. The van der Waals surface area contributed by atoms with Gasteiger partial charge in [-0.3, -0.25) is 4.79 Å². The average Bonchev–Trinajstić information content (AvgIpc) is 3.57. The predicted octanol–water partition coefficient (Wildman–Crippen LogP) is 13.2. The molecule has 14 nitrogen and oxygen atoms in total. The lowest BCUT2D eigenvalue weighted by molar-refractivity contribution is -0.332. The highest BCUT2D eigenvalue weighted by Crippen LogP contribution is 2.27. The van der Waals surface area contributed by atoms with Gasteiger partial charge in [0.05, 0.1) is 26.4 Å². The van der Waals surface area contributed by atoms with Crippen LogP contribution in [0.1, 0.15) is 258 Å². The Hall–Kier alpha value is -2.31. The van der Waals surface area contributed by atoms with E-state index in [-0.39, 0.29) is 25.6 Å². The van der Waals surface area contributed by atoms with Crippen LogP contribution in [0.4, 0.5) is 0 Å². The summed E-state index contributed by atoms with van der Waals surface area (Å²) in [6, 6.07) is 0. The Bertz CT molecular complexity index is 1570. The van der Waals surface area contributed by atoms with E-state index in [9.17, 15) is 40.5 Å². The van der Waals surface area contributed by atoms with Crippen LogP contribution in [0, 0.1) is 0 Å². The Morgan fingerprint density at radius 3 is 1.26 bits per heavy atom. The van der Waals surface area contributed by atoms with Gasteiger partial charge in [-0.1, -0.05) is 254 Å². The van der Waals surface area contributed by atoms with Crippen molar-refractivity contribution in [1.29, 1.82) is 0 Å². The molecule has 0 spiro atoms. The van der Waals surface area contributed by atoms with Crippen LogP contribution in [0.25, 0.3) is 0 Å². The quantitative estimate of drug-likeness (QED) is 0.0172. The summed E-state index contributed by atoms with van der Waals surface area (Å²) in [7, 11) is 0. The van der Waals surface area contributed by atoms with Crippen molar-refractivity contribution in [3.8, 4) is 0 Å². The van der Waals surface area contributed by atoms with Crippen molar-refractivity contribution in [3.63, 3.8) is 0 Å². The average molecular weight is 1150 g/mol. The second-order valence-corrected chi connectivity index (χ2v) is 22.9. The number of aliphatic hydroxyl groups excluding tert-OH is 7. The van der Waals surface area contributed by atoms with Crippen LogP contribution < -0.4 is 0 Å². The molecular formula is C67H120O14. The third-order valence-corrected chi connectivity index (χ3v) is 15.5. The van der Waals surface area contributed by atoms with Crippen LogP contribution in [0.5, 0.6) is 0 Å². The highest BCUT2D eigenvalue weighted by atomic mass is 16.7. The molecule has 0 aliphatic carbocycles. The monoisotopic (exact) mass is 1150 g/mol. The Kier molecular flexibility index (Phi) is 49.1. The van der Waals surface area contributed by atoms with Crippen molar-refractivity contribution in [3.05, 3.63) is 60.8 Å². The van der Waals surface area contributed by atoms with Gasteiger partial charge < -0.3 is 64.2 Å². The molecule has 2 saturated heterocycles. The smallest absolute Gasteiger partial charge is 0.306 e. The van der Waals surface area contributed by atoms with Gasteiger partial charge >= 0.3 is 5.97 Å². The molecule has 11 unspecified atom stereocenters. The summed E-state index contributed by atoms with van der Waals surface area (Å²) in [4.78, 5) is 13.1. The maximum atomic E-state index is 13.1. The number of ether oxygens (including phenoxy) is 6. The van der Waals surface area contributed by atoms with Gasteiger partial charge in [0.2, 0.25) is 0 Å². The first kappa shape index (κ1) is 74.8. The molecule has 2 aliphatic heterocycles. The fourth-order valence-corrected chi connectivity index (χ4v) is 10.3. The van der Waals surface area contributed by atoms with Crippen LogP contribution in [-0.4, -0.2) is 142 Å². The fraction of sp³-hybridized carbons (Fsp3) is 0.836. The van der Waals surface area contributed by atoms with E-state index in [1.807, 2.05) is 0 Å². The number of aliphatic hydroxyl groups is 7. The molecule has 0 saturated carbocycles. The highest BCUT2D eigenvalue weighted by molar-refractivity contribution is 5.69. The summed E-state index contributed by atoms with van der Waals surface area (Å²) >= 11 is 0. The summed E-state index contributed by atoms with van der Waals surface area (Å²) in [6.07, 6.45) is 51.5. The predicted molar refractivity (Wildman–Crippen MR) is 326 cm³/mol. The topological polar surface area (TPSA) is 214 Å². The van der Waals surface area contributed by atoms with Gasteiger partial charge in [-0.05, 0) is 57.8 Å². The molecular weight excluding hydrogens is 1030 g/mol. The Balaban J connectivity index is 1.67. The lowest BCUT2D eigenvalue weighted by atomic mass is 9.98. The molecule has 14 heteroatoms. The van der Waals surface area contributed by atoms with E-state index >= 15 is 0 Å². The van der Waals surface area contributed by atoms with Gasteiger partial charge in [-0.15, -0.1) is 0 Å². The van der Waals surface area contributed by atoms with Crippen molar-refractivity contribution >= 4 is 5.97 Å². The zero-order valence-corrected chi connectivity index (χ0v) is 51.0. The van der Waals surface area contributed by atoms with E-state index in [2.05, 4.69) is 74.6 Å². The third-order valence-electron chi connectivity index (χ3n) is 15.5. The molecule has 2 rings (SSSR count). The minimum atomic E-state index is -1.71. The summed E-state index contributed by atoms with van der Waals surface area (Å²) in [5.74, 6) is -0.378. The zero-order valence-electron chi connectivity index (χ0n) is 51.0. The van der Waals surface area contributed by atoms with E-state index < -0.39 is 80.7 Å². The summed E-state index contributed by atoms with van der Waals surface area (Å²) < 4.78 is 34.5. The van der Waals surface area contributed by atoms with Crippen LogP contribution in [-0.2, 0) is 33.2 Å². The number of esters is 1. The van der Waals surface area contributed by atoms with Crippen LogP contribution in [0.2, 0.25) is 0 Å². The van der Waals surface area contributed by atoms with Gasteiger partial charge in [0.25, 0.3) is 0 Å². The Morgan fingerprint density at radius 2 is 0.802 bits per heavy atom. The lowest BCUT2D eigenvalue weighted by Crippen LogP contribution is -2.61. The maximum absolute atomic E-state index is 13.1. The minimum Gasteiger partial charge on any atom is -0.457 e. The number of allylic oxidation sites excluding steroid dienone is 10. The van der Waals surface area contributed by atoms with Crippen LogP contribution in [0.15, 0.2) is 60.8 Å². The lowest BCUT2D eigenvalue weighted by Gasteiger charge is -2.42. The maximum Gasteiger partial charge on any atom is 0.306 e. The van der Waals surface area contributed by atoms with Crippen molar-refractivity contribution < 1.29 is 69.0 Å². The van der Waals surface area contributed by atoms with Crippen molar-refractivity contribution in [2.24, 2.45) is 0 Å². The van der Waals surface area contributed by atoms with Crippen molar-refractivity contribution in [1.82, 2.24) is 0 Å². The van der Waals surface area contributed by atoms with Gasteiger partial charge in [0.15, 0.2) is 12.6 Å². The highest BCUT2D eigenvalue weighted by Gasteiger charge is 2.47. The molecule has 472 valence electrons.